The molecule has 2 rings (SSSR count). The second kappa shape index (κ2) is 8.23. The minimum Gasteiger partial charge on any atom is -0.309 e. The third-order valence-electron chi connectivity index (χ3n) is 4.27. The Labute approximate surface area is 123 Å². The minimum absolute atomic E-state index is 0.474. The van der Waals surface area contributed by atoms with Crippen LogP contribution in [0, 0.1) is 0 Å². The van der Waals surface area contributed by atoms with Crippen LogP contribution < -0.4 is 5.32 Å². The number of likely N-dealkylation sites (N-methyl/N-ethyl adjacent to an activating group) is 1. The Bertz CT molecular complexity index is 395. The third-order valence-corrected chi connectivity index (χ3v) is 4.27. The molecule has 2 unspecified atom stereocenters. The van der Waals surface area contributed by atoms with E-state index in [1.165, 1.54) is 24.8 Å². The van der Waals surface area contributed by atoms with Crippen molar-refractivity contribution in [3.05, 3.63) is 48.0 Å². The molecule has 2 atom stereocenters. The number of benzene rings is 1. The van der Waals surface area contributed by atoms with E-state index in [-0.39, 0.29) is 0 Å². The standard InChI is InChI=1S/C18H28N2/c1-3-20(4-2)18(16-11-7-5-8-12-16)15-19-17-13-9-6-10-14-17/h5,7-9,11-13,17-19H,3-4,6,10,14-15H2,1-2H3. The number of hydrogen-bond acceptors (Lipinski definition) is 2. The van der Waals surface area contributed by atoms with Crippen LogP contribution >= 0.6 is 0 Å². The molecule has 0 spiro atoms. The molecule has 0 heterocycles. The van der Waals surface area contributed by atoms with Crippen LogP contribution in [0.15, 0.2) is 42.5 Å². The van der Waals surface area contributed by atoms with Crippen molar-refractivity contribution < 1.29 is 0 Å². The zero-order valence-corrected chi connectivity index (χ0v) is 12.9. The molecule has 2 nitrogen and oxygen atoms in total. The Morgan fingerprint density at radius 3 is 2.55 bits per heavy atom. The summed E-state index contributed by atoms with van der Waals surface area (Å²) in [5.41, 5.74) is 1.42. The summed E-state index contributed by atoms with van der Waals surface area (Å²) in [6.45, 7) is 7.72. The van der Waals surface area contributed by atoms with Gasteiger partial charge >= 0.3 is 0 Å². The van der Waals surface area contributed by atoms with E-state index in [4.69, 9.17) is 0 Å². The molecule has 1 aliphatic carbocycles. The predicted molar refractivity (Wildman–Crippen MR) is 86.9 cm³/mol. The van der Waals surface area contributed by atoms with Crippen molar-refractivity contribution in [1.82, 2.24) is 10.2 Å². The molecule has 1 aliphatic rings. The molecule has 0 fully saturated rings. The van der Waals surface area contributed by atoms with E-state index in [1.807, 2.05) is 0 Å². The molecular weight excluding hydrogens is 244 g/mol. The fourth-order valence-electron chi connectivity index (χ4n) is 3.04. The molecule has 0 amide bonds. The molecule has 1 aromatic carbocycles. The van der Waals surface area contributed by atoms with Gasteiger partial charge in [-0.15, -0.1) is 0 Å². The summed E-state index contributed by atoms with van der Waals surface area (Å²) in [5, 5.41) is 3.74. The highest BCUT2D eigenvalue weighted by Crippen LogP contribution is 2.20. The molecule has 20 heavy (non-hydrogen) atoms. The first kappa shape index (κ1) is 15.3. The Kier molecular flexibility index (Phi) is 6.28. The molecule has 0 saturated carbocycles. The van der Waals surface area contributed by atoms with Crippen molar-refractivity contribution in [3.63, 3.8) is 0 Å². The van der Waals surface area contributed by atoms with Gasteiger partial charge in [-0.1, -0.05) is 56.3 Å². The Balaban J connectivity index is 2.02. The summed E-state index contributed by atoms with van der Waals surface area (Å²) >= 11 is 0. The zero-order valence-electron chi connectivity index (χ0n) is 12.9. The summed E-state index contributed by atoms with van der Waals surface area (Å²) < 4.78 is 0. The molecule has 0 saturated heterocycles. The molecule has 2 heteroatoms. The molecule has 0 radical (unpaired) electrons. The first-order chi connectivity index (χ1) is 9.85. The molecule has 0 bridgehead atoms. The van der Waals surface area contributed by atoms with Crippen LogP contribution in [-0.4, -0.2) is 30.6 Å². The number of rotatable bonds is 7. The molecule has 110 valence electrons. The average molecular weight is 272 g/mol. The Morgan fingerprint density at radius 2 is 1.95 bits per heavy atom. The van der Waals surface area contributed by atoms with Crippen LogP contribution in [0.2, 0.25) is 0 Å². The second-order valence-corrected chi connectivity index (χ2v) is 5.52. The van der Waals surface area contributed by atoms with Gasteiger partial charge in [-0.3, -0.25) is 4.90 Å². The van der Waals surface area contributed by atoms with E-state index in [2.05, 4.69) is 66.5 Å². The maximum atomic E-state index is 3.74. The quantitative estimate of drug-likeness (QED) is 0.760. The van der Waals surface area contributed by atoms with E-state index < -0.39 is 0 Å². The third kappa shape index (κ3) is 4.19. The maximum absolute atomic E-state index is 3.74. The monoisotopic (exact) mass is 272 g/mol. The van der Waals surface area contributed by atoms with E-state index >= 15 is 0 Å². The highest BCUT2D eigenvalue weighted by atomic mass is 15.2. The van der Waals surface area contributed by atoms with Gasteiger partial charge in [-0.25, -0.2) is 0 Å². The largest absolute Gasteiger partial charge is 0.309 e. The minimum atomic E-state index is 0.474. The fourth-order valence-corrected chi connectivity index (χ4v) is 3.04. The number of nitrogens with zero attached hydrogens (tertiary/aromatic N) is 1. The van der Waals surface area contributed by atoms with Crippen molar-refractivity contribution in [2.45, 2.75) is 45.2 Å². The molecule has 0 aliphatic heterocycles. The van der Waals surface area contributed by atoms with Gasteiger partial charge in [0.25, 0.3) is 0 Å². The lowest BCUT2D eigenvalue weighted by atomic mass is 10.0. The number of allylic oxidation sites excluding steroid dienone is 1. The van der Waals surface area contributed by atoms with Crippen LogP contribution in [0.25, 0.3) is 0 Å². The van der Waals surface area contributed by atoms with Crippen molar-refractivity contribution in [1.29, 1.82) is 0 Å². The van der Waals surface area contributed by atoms with Crippen molar-refractivity contribution >= 4 is 0 Å². The summed E-state index contributed by atoms with van der Waals surface area (Å²) in [7, 11) is 0. The van der Waals surface area contributed by atoms with Gasteiger partial charge in [-0.2, -0.15) is 0 Å². The summed E-state index contributed by atoms with van der Waals surface area (Å²) in [5.74, 6) is 0. The van der Waals surface area contributed by atoms with Gasteiger partial charge in [0, 0.05) is 18.6 Å². The highest BCUT2D eigenvalue weighted by molar-refractivity contribution is 5.19. The molecule has 1 N–H and O–H groups in total. The first-order valence-corrected chi connectivity index (χ1v) is 8.04. The molecule has 1 aromatic rings. The Morgan fingerprint density at radius 1 is 1.20 bits per heavy atom. The van der Waals surface area contributed by atoms with Crippen molar-refractivity contribution in [2.24, 2.45) is 0 Å². The first-order valence-electron chi connectivity index (χ1n) is 8.04. The Hall–Kier alpha value is -1.12. The fraction of sp³-hybridized carbons (Fsp3) is 0.556. The van der Waals surface area contributed by atoms with E-state index in [0.717, 1.165) is 19.6 Å². The predicted octanol–water partition coefficient (Wildman–Crippen LogP) is 3.77. The van der Waals surface area contributed by atoms with Gasteiger partial charge in [0.2, 0.25) is 0 Å². The van der Waals surface area contributed by atoms with Gasteiger partial charge < -0.3 is 5.32 Å². The van der Waals surface area contributed by atoms with Gasteiger partial charge in [0.1, 0.15) is 0 Å². The van der Waals surface area contributed by atoms with Gasteiger partial charge in [-0.05, 0) is 37.9 Å². The summed E-state index contributed by atoms with van der Waals surface area (Å²) in [6.07, 6.45) is 8.49. The second-order valence-electron chi connectivity index (χ2n) is 5.52. The van der Waals surface area contributed by atoms with E-state index in [9.17, 15) is 0 Å². The van der Waals surface area contributed by atoms with Crippen LogP contribution in [-0.2, 0) is 0 Å². The number of nitrogens with one attached hydrogen (secondary N) is 1. The van der Waals surface area contributed by atoms with Crippen LogP contribution in [0.4, 0.5) is 0 Å². The van der Waals surface area contributed by atoms with E-state index in [1.54, 1.807) is 0 Å². The van der Waals surface area contributed by atoms with Crippen LogP contribution in [0.5, 0.6) is 0 Å². The summed E-state index contributed by atoms with van der Waals surface area (Å²) in [4.78, 5) is 2.54. The smallest absolute Gasteiger partial charge is 0.0472 e. The van der Waals surface area contributed by atoms with Gasteiger partial charge in [0.05, 0.1) is 0 Å². The SMILES string of the molecule is CCN(CC)C(CNC1C=CCCC1)c1ccccc1. The molecule has 0 aromatic heterocycles. The van der Waals surface area contributed by atoms with Crippen LogP contribution in [0.1, 0.15) is 44.7 Å². The normalized spacial score (nSPS) is 20.2. The lowest BCUT2D eigenvalue weighted by Gasteiger charge is -2.32. The number of hydrogen-bond donors (Lipinski definition) is 1. The van der Waals surface area contributed by atoms with E-state index in [0.29, 0.717) is 12.1 Å². The van der Waals surface area contributed by atoms with Crippen LogP contribution in [0.3, 0.4) is 0 Å². The lowest BCUT2D eigenvalue weighted by Crippen LogP contribution is -2.39. The lowest BCUT2D eigenvalue weighted by molar-refractivity contribution is 0.209. The average Bonchev–Trinajstić information content (AvgIpc) is 2.53. The zero-order chi connectivity index (χ0) is 14.2. The van der Waals surface area contributed by atoms with Crippen molar-refractivity contribution in [3.8, 4) is 0 Å². The van der Waals surface area contributed by atoms with Crippen molar-refractivity contribution in [2.75, 3.05) is 19.6 Å². The van der Waals surface area contributed by atoms with Gasteiger partial charge in [0.15, 0.2) is 0 Å². The topological polar surface area (TPSA) is 15.3 Å². The summed E-state index contributed by atoms with van der Waals surface area (Å²) in [6, 6.07) is 11.9. The highest BCUT2D eigenvalue weighted by Gasteiger charge is 2.19. The maximum Gasteiger partial charge on any atom is 0.0472 e. The molecular formula is C18H28N2.